The van der Waals surface area contributed by atoms with Crippen LogP contribution in [0.5, 0.6) is 0 Å². The Morgan fingerprint density at radius 2 is 2.12 bits per heavy atom. The van der Waals surface area contributed by atoms with Crippen molar-refractivity contribution in [1.82, 2.24) is 15.2 Å². The molecule has 1 fully saturated rings. The normalized spacial score (nSPS) is 18.2. The summed E-state index contributed by atoms with van der Waals surface area (Å²) in [4.78, 5) is 11.1. The molecule has 0 radical (unpaired) electrons. The maximum Gasteiger partial charge on any atom is 0.193 e. The minimum Gasteiger partial charge on any atom is -0.370 e. The Balaban J connectivity index is 1.58. The third-order valence-corrected chi connectivity index (χ3v) is 4.50. The summed E-state index contributed by atoms with van der Waals surface area (Å²) in [5.74, 6) is 0.929. The van der Waals surface area contributed by atoms with E-state index in [1.165, 1.54) is 11.1 Å². The molecule has 1 atom stereocenters. The molecule has 5 nitrogen and oxygen atoms in total. The van der Waals surface area contributed by atoms with E-state index in [1.54, 1.807) is 0 Å². The fraction of sp³-hybridized carbons (Fsp3) is 0.400. The number of aryl methyl sites for hydroxylation is 1. The van der Waals surface area contributed by atoms with Crippen molar-refractivity contribution in [2.75, 3.05) is 33.3 Å². The molecular formula is C20H26N4O. The summed E-state index contributed by atoms with van der Waals surface area (Å²) >= 11 is 0. The molecule has 0 saturated carbocycles. The van der Waals surface area contributed by atoms with Crippen LogP contribution in [0.2, 0.25) is 0 Å². The number of hydrogen-bond acceptors (Lipinski definition) is 3. The first-order chi connectivity index (χ1) is 12.3. The van der Waals surface area contributed by atoms with Crippen LogP contribution in [0.4, 0.5) is 0 Å². The first-order valence-corrected chi connectivity index (χ1v) is 8.80. The van der Waals surface area contributed by atoms with Gasteiger partial charge in [0.25, 0.3) is 0 Å². The fourth-order valence-electron chi connectivity index (χ4n) is 3.16. The lowest BCUT2D eigenvalue weighted by atomic mass is 10.0. The van der Waals surface area contributed by atoms with Gasteiger partial charge in [0.15, 0.2) is 5.96 Å². The molecule has 3 rings (SSSR count). The molecule has 1 aromatic heterocycles. The largest absolute Gasteiger partial charge is 0.370 e. The van der Waals surface area contributed by atoms with Crippen LogP contribution >= 0.6 is 0 Å². The minimum atomic E-state index is 0.0873. The molecule has 1 aromatic carbocycles. The summed E-state index contributed by atoms with van der Waals surface area (Å²) in [6.45, 7) is 5.33. The van der Waals surface area contributed by atoms with Gasteiger partial charge in [-0.2, -0.15) is 0 Å². The Hall–Kier alpha value is -2.40. The number of guanidine groups is 1. The van der Waals surface area contributed by atoms with E-state index in [9.17, 15) is 0 Å². The van der Waals surface area contributed by atoms with E-state index in [0.29, 0.717) is 6.61 Å². The van der Waals surface area contributed by atoms with Crippen LogP contribution in [0.3, 0.4) is 0 Å². The topological polar surface area (TPSA) is 49.8 Å². The number of morpholine rings is 1. The molecule has 0 amide bonds. The lowest BCUT2D eigenvalue weighted by molar-refractivity contribution is -0.00829. The predicted molar refractivity (Wildman–Crippen MR) is 101 cm³/mol. The van der Waals surface area contributed by atoms with E-state index >= 15 is 0 Å². The Labute approximate surface area is 149 Å². The average Bonchev–Trinajstić information content (AvgIpc) is 2.66. The van der Waals surface area contributed by atoms with Gasteiger partial charge >= 0.3 is 0 Å². The van der Waals surface area contributed by atoms with Gasteiger partial charge in [0.1, 0.15) is 6.10 Å². The Morgan fingerprint density at radius 3 is 2.88 bits per heavy atom. The van der Waals surface area contributed by atoms with Crippen molar-refractivity contribution in [3.05, 3.63) is 65.5 Å². The number of ether oxygens (including phenoxy) is 1. The highest BCUT2D eigenvalue weighted by Crippen LogP contribution is 2.24. The highest BCUT2D eigenvalue weighted by atomic mass is 16.5. The van der Waals surface area contributed by atoms with Crippen LogP contribution in [0, 0.1) is 6.92 Å². The van der Waals surface area contributed by atoms with Crippen molar-refractivity contribution in [3.63, 3.8) is 0 Å². The fourth-order valence-corrected chi connectivity index (χ4v) is 3.16. The van der Waals surface area contributed by atoms with Crippen LogP contribution in [-0.2, 0) is 11.2 Å². The van der Waals surface area contributed by atoms with Crippen molar-refractivity contribution in [2.24, 2.45) is 4.99 Å². The molecule has 5 heteroatoms. The number of benzene rings is 1. The Kier molecular flexibility index (Phi) is 6.01. The number of aromatic nitrogens is 1. The zero-order chi connectivity index (χ0) is 17.5. The third kappa shape index (κ3) is 4.57. The summed E-state index contributed by atoms with van der Waals surface area (Å²) in [6, 6.07) is 14.4. The van der Waals surface area contributed by atoms with Crippen LogP contribution in [0.25, 0.3) is 0 Å². The number of pyridine rings is 1. The van der Waals surface area contributed by atoms with Gasteiger partial charge in [-0.15, -0.1) is 0 Å². The van der Waals surface area contributed by atoms with Gasteiger partial charge in [0.2, 0.25) is 0 Å². The molecule has 0 aliphatic carbocycles. The first-order valence-electron chi connectivity index (χ1n) is 8.80. The zero-order valence-electron chi connectivity index (χ0n) is 15.0. The van der Waals surface area contributed by atoms with Crippen LogP contribution in [0.15, 0.2) is 53.7 Å². The number of aliphatic imine (C=N–C) groups is 1. The summed E-state index contributed by atoms with van der Waals surface area (Å²) in [6.07, 6.45) is 2.80. The molecule has 1 unspecified atom stereocenters. The van der Waals surface area contributed by atoms with Crippen LogP contribution in [-0.4, -0.2) is 49.1 Å². The lowest BCUT2D eigenvalue weighted by Gasteiger charge is -2.35. The van der Waals surface area contributed by atoms with Gasteiger partial charge in [-0.05, 0) is 30.2 Å². The molecular weight excluding hydrogens is 312 g/mol. The predicted octanol–water partition coefficient (Wildman–Crippen LogP) is 2.58. The molecule has 2 aromatic rings. The van der Waals surface area contributed by atoms with E-state index in [1.807, 2.05) is 31.4 Å². The maximum absolute atomic E-state index is 6.01. The number of hydrogen-bond donors (Lipinski definition) is 1. The minimum absolute atomic E-state index is 0.0873. The van der Waals surface area contributed by atoms with E-state index in [-0.39, 0.29) is 6.10 Å². The van der Waals surface area contributed by atoms with E-state index in [2.05, 4.69) is 51.4 Å². The molecule has 1 aliphatic rings. The van der Waals surface area contributed by atoms with Crippen LogP contribution in [0.1, 0.15) is 22.9 Å². The van der Waals surface area contributed by atoms with Crippen molar-refractivity contribution in [2.45, 2.75) is 19.4 Å². The summed E-state index contributed by atoms with van der Waals surface area (Å²) in [5, 5.41) is 3.45. The number of rotatable bonds is 4. The molecule has 2 heterocycles. The van der Waals surface area contributed by atoms with Crippen molar-refractivity contribution in [3.8, 4) is 0 Å². The van der Waals surface area contributed by atoms with E-state index in [4.69, 9.17) is 4.74 Å². The van der Waals surface area contributed by atoms with Gasteiger partial charge in [0.05, 0.1) is 13.2 Å². The second kappa shape index (κ2) is 8.62. The molecule has 132 valence electrons. The highest BCUT2D eigenvalue weighted by molar-refractivity contribution is 5.80. The second-order valence-corrected chi connectivity index (χ2v) is 6.21. The van der Waals surface area contributed by atoms with Gasteiger partial charge in [-0.3, -0.25) is 9.98 Å². The Bertz CT molecular complexity index is 702. The molecule has 1 N–H and O–H groups in total. The van der Waals surface area contributed by atoms with Crippen molar-refractivity contribution < 1.29 is 4.74 Å². The summed E-state index contributed by atoms with van der Waals surface area (Å²) in [5.41, 5.74) is 3.62. The summed E-state index contributed by atoms with van der Waals surface area (Å²) in [7, 11) is 1.83. The van der Waals surface area contributed by atoms with Gasteiger partial charge < -0.3 is 15.0 Å². The third-order valence-electron chi connectivity index (χ3n) is 4.50. The molecule has 0 bridgehead atoms. The second-order valence-electron chi connectivity index (χ2n) is 6.21. The van der Waals surface area contributed by atoms with Gasteiger partial charge in [-0.1, -0.05) is 30.3 Å². The quantitative estimate of drug-likeness (QED) is 0.688. The molecule has 1 saturated heterocycles. The number of nitrogens with one attached hydrogen (secondary N) is 1. The Morgan fingerprint density at radius 1 is 1.28 bits per heavy atom. The van der Waals surface area contributed by atoms with Gasteiger partial charge in [-0.25, -0.2) is 0 Å². The monoisotopic (exact) mass is 338 g/mol. The van der Waals surface area contributed by atoms with Crippen molar-refractivity contribution >= 4 is 5.96 Å². The maximum atomic E-state index is 6.01. The number of nitrogens with zero attached hydrogens (tertiary/aromatic N) is 3. The first kappa shape index (κ1) is 17.4. The smallest absolute Gasteiger partial charge is 0.193 e. The van der Waals surface area contributed by atoms with Gasteiger partial charge in [0, 0.05) is 38.4 Å². The average molecular weight is 338 g/mol. The van der Waals surface area contributed by atoms with E-state index in [0.717, 1.165) is 37.7 Å². The molecule has 0 spiro atoms. The van der Waals surface area contributed by atoms with Crippen molar-refractivity contribution in [1.29, 1.82) is 0 Å². The molecule has 25 heavy (non-hydrogen) atoms. The highest BCUT2D eigenvalue weighted by Gasteiger charge is 2.24. The summed E-state index contributed by atoms with van der Waals surface area (Å²) < 4.78 is 6.01. The zero-order valence-corrected chi connectivity index (χ0v) is 15.0. The SMILES string of the molecule is CN=C(NCCc1ccccn1)N1CCOC(c2ccccc2C)C1. The molecule has 1 aliphatic heterocycles. The van der Waals surface area contributed by atoms with E-state index < -0.39 is 0 Å². The standard InChI is InChI=1S/C20H26N4O/c1-16-7-3-4-9-18(16)19-15-24(13-14-25-19)20(21-2)23-12-10-17-8-5-6-11-22-17/h3-9,11,19H,10,12-15H2,1-2H3,(H,21,23). The van der Waals surface area contributed by atoms with Crippen LogP contribution < -0.4 is 5.32 Å². The lowest BCUT2D eigenvalue weighted by Crippen LogP contribution is -2.48.